The summed E-state index contributed by atoms with van der Waals surface area (Å²) in [4.78, 5) is 0. The van der Waals surface area contributed by atoms with E-state index < -0.39 is 0 Å². The lowest BCUT2D eigenvalue weighted by Crippen LogP contribution is -2.35. The summed E-state index contributed by atoms with van der Waals surface area (Å²) in [5, 5.41) is 3.75. The first kappa shape index (κ1) is 12.0. The van der Waals surface area contributed by atoms with E-state index in [9.17, 15) is 0 Å². The van der Waals surface area contributed by atoms with Crippen LogP contribution in [0.1, 0.15) is 66.2 Å². The smallest absolute Gasteiger partial charge is 0.00695 e. The fourth-order valence-electron chi connectivity index (χ4n) is 2.23. The van der Waals surface area contributed by atoms with Crippen molar-refractivity contribution in [2.24, 2.45) is 5.41 Å². The summed E-state index contributed by atoms with van der Waals surface area (Å²) in [5.41, 5.74) is 0.492. The third-order valence-corrected chi connectivity index (χ3v) is 3.20. The normalized spacial score (nSPS) is 21.4. The molecule has 14 heavy (non-hydrogen) atoms. The van der Waals surface area contributed by atoms with Crippen molar-refractivity contribution < 1.29 is 0 Å². The lowest BCUT2D eigenvalue weighted by atomic mass is 9.89. The fraction of sp³-hybridized carbons (Fsp3) is 1.00. The zero-order valence-electron chi connectivity index (χ0n) is 10.4. The Bertz CT molecular complexity index is 151. The lowest BCUT2D eigenvalue weighted by molar-refractivity contribution is 0.324. The van der Waals surface area contributed by atoms with Crippen molar-refractivity contribution in [2.45, 2.75) is 78.3 Å². The van der Waals surface area contributed by atoms with Crippen molar-refractivity contribution in [3.63, 3.8) is 0 Å². The zero-order valence-corrected chi connectivity index (χ0v) is 10.4. The van der Waals surface area contributed by atoms with Gasteiger partial charge in [0, 0.05) is 12.1 Å². The van der Waals surface area contributed by atoms with Crippen LogP contribution >= 0.6 is 0 Å². The molecule has 1 aliphatic carbocycles. The highest BCUT2D eigenvalue weighted by atomic mass is 14.9. The molecule has 1 atom stereocenters. The van der Waals surface area contributed by atoms with E-state index in [1.807, 2.05) is 0 Å². The molecule has 0 spiro atoms. The van der Waals surface area contributed by atoms with Gasteiger partial charge in [0.25, 0.3) is 0 Å². The molecule has 0 aromatic rings. The van der Waals surface area contributed by atoms with Crippen molar-refractivity contribution in [1.82, 2.24) is 5.32 Å². The molecule has 1 nitrogen and oxygen atoms in total. The minimum absolute atomic E-state index is 0.492. The van der Waals surface area contributed by atoms with E-state index in [1.165, 1.54) is 38.5 Å². The molecule has 0 saturated heterocycles. The van der Waals surface area contributed by atoms with E-state index >= 15 is 0 Å². The summed E-state index contributed by atoms with van der Waals surface area (Å²) >= 11 is 0. The second-order valence-electron chi connectivity index (χ2n) is 6.15. The van der Waals surface area contributed by atoms with E-state index in [0.29, 0.717) is 11.5 Å². The van der Waals surface area contributed by atoms with E-state index in [2.05, 4.69) is 33.0 Å². The van der Waals surface area contributed by atoms with Gasteiger partial charge >= 0.3 is 0 Å². The molecule has 84 valence electrons. The Hall–Kier alpha value is -0.0400. The molecule has 0 amide bonds. The Labute approximate surface area is 89.7 Å². The summed E-state index contributed by atoms with van der Waals surface area (Å²) in [6.07, 6.45) is 8.32. The minimum atomic E-state index is 0.492. The van der Waals surface area contributed by atoms with Crippen LogP contribution in [0.2, 0.25) is 0 Å². The molecule has 1 saturated carbocycles. The fourth-order valence-corrected chi connectivity index (χ4v) is 2.23. The predicted octanol–water partition coefficient (Wildman–Crippen LogP) is 3.73. The Kier molecular flexibility index (Phi) is 4.43. The molecule has 1 rings (SSSR count). The number of hydrogen-bond donors (Lipinski definition) is 1. The first-order valence-corrected chi connectivity index (χ1v) is 6.23. The first-order valence-electron chi connectivity index (χ1n) is 6.23. The highest BCUT2D eigenvalue weighted by Gasteiger charge is 2.18. The Balaban J connectivity index is 2.12. The molecule has 0 aliphatic heterocycles. The van der Waals surface area contributed by atoms with Crippen LogP contribution < -0.4 is 5.32 Å². The topological polar surface area (TPSA) is 12.0 Å². The van der Waals surface area contributed by atoms with E-state index in [1.54, 1.807) is 0 Å². The largest absolute Gasteiger partial charge is 0.312 e. The Morgan fingerprint density at radius 3 is 2.29 bits per heavy atom. The van der Waals surface area contributed by atoms with Crippen LogP contribution in [0.4, 0.5) is 0 Å². The lowest BCUT2D eigenvalue weighted by Gasteiger charge is -2.24. The van der Waals surface area contributed by atoms with Crippen LogP contribution in [0, 0.1) is 5.41 Å². The Morgan fingerprint density at radius 1 is 1.21 bits per heavy atom. The number of nitrogens with one attached hydrogen (secondary N) is 1. The van der Waals surface area contributed by atoms with Gasteiger partial charge in [0.2, 0.25) is 0 Å². The highest BCUT2D eigenvalue weighted by Crippen LogP contribution is 2.23. The first-order chi connectivity index (χ1) is 6.47. The maximum Gasteiger partial charge on any atom is 0.00695 e. The number of rotatable bonds is 4. The molecule has 0 aromatic heterocycles. The molecule has 1 heteroatoms. The Morgan fingerprint density at radius 2 is 1.79 bits per heavy atom. The zero-order chi connectivity index (χ0) is 10.6. The summed E-state index contributed by atoms with van der Waals surface area (Å²) in [6, 6.07) is 1.53. The standard InChI is InChI=1S/C13H27N/c1-11(9-10-13(2,3)4)14-12-7-5-6-8-12/h11-12,14H,5-10H2,1-4H3. The maximum absolute atomic E-state index is 3.75. The van der Waals surface area contributed by atoms with Gasteiger partial charge in [-0.25, -0.2) is 0 Å². The summed E-state index contributed by atoms with van der Waals surface area (Å²) in [7, 11) is 0. The molecule has 1 unspecified atom stereocenters. The maximum atomic E-state index is 3.75. The van der Waals surface area contributed by atoms with E-state index in [-0.39, 0.29) is 0 Å². The highest BCUT2D eigenvalue weighted by molar-refractivity contribution is 4.77. The van der Waals surface area contributed by atoms with Gasteiger partial charge < -0.3 is 5.32 Å². The van der Waals surface area contributed by atoms with Crippen molar-refractivity contribution in [1.29, 1.82) is 0 Å². The van der Waals surface area contributed by atoms with Gasteiger partial charge in [-0.3, -0.25) is 0 Å². The van der Waals surface area contributed by atoms with Crippen molar-refractivity contribution >= 4 is 0 Å². The van der Waals surface area contributed by atoms with Crippen LogP contribution in [-0.4, -0.2) is 12.1 Å². The van der Waals surface area contributed by atoms with Gasteiger partial charge in [0.15, 0.2) is 0 Å². The van der Waals surface area contributed by atoms with Crippen LogP contribution in [0.3, 0.4) is 0 Å². The second-order valence-corrected chi connectivity index (χ2v) is 6.15. The van der Waals surface area contributed by atoms with Crippen LogP contribution in [0.25, 0.3) is 0 Å². The molecular weight excluding hydrogens is 170 g/mol. The van der Waals surface area contributed by atoms with Gasteiger partial charge in [-0.1, -0.05) is 33.6 Å². The van der Waals surface area contributed by atoms with Crippen LogP contribution in [-0.2, 0) is 0 Å². The molecule has 0 bridgehead atoms. The monoisotopic (exact) mass is 197 g/mol. The summed E-state index contributed by atoms with van der Waals surface area (Å²) in [5.74, 6) is 0. The minimum Gasteiger partial charge on any atom is -0.312 e. The molecule has 1 N–H and O–H groups in total. The third-order valence-electron chi connectivity index (χ3n) is 3.20. The summed E-state index contributed by atoms with van der Waals surface area (Å²) in [6.45, 7) is 9.32. The quantitative estimate of drug-likeness (QED) is 0.724. The van der Waals surface area contributed by atoms with Gasteiger partial charge in [-0.15, -0.1) is 0 Å². The molecule has 0 heterocycles. The predicted molar refractivity (Wildman–Crippen MR) is 63.5 cm³/mol. The van der Waals surface area contributed by atoms with Crippen molar-refractivity contribution in [3.05, 3.63) is 0 Å². The van der Waals surface area contributed by atoms with Crippen molar-refractivity contribution in [2.75, 3.05) is 0 Å². The van der Waals surface area contributed by atoms with Crippen molar-refractivity contribution in [3.8, 4) is 0 Å². The SMILES string of the molecule is CC(CCC(C)(C)C)NC1CCCC1. The average molecular weight is 197 g/mol. The van der Waals surface area contributed by atoms with Gasteiger partial charge in [-0.05, 0) is 38.0 Å². The van der Waals surface area contributed by atoms with Crippen LogP contribution in [0.5, 0.6) is 0 Å². The second kappa shape index (κ2) is 5.16. The average Bonchev–Trinajstić information content (AvgIpc) is 2.52. The third kappa shape index (κ3) is 4.99. The molecular formula is C13H27N. The summed E-state index contributed by atoms with van der Waals surface area (Å²) < 4.78 is 0. The molecule has 1 fully saturated rings. The van der Waals surface area contributed by atoms with Crippen LogP contribution in [0.15, 0.2) is 0 Å². The van der Waals surface area contributed by atoms with Gasteiger partial charge in [-0.2, -0.15) is 0 Å². The molecule has 1 aliphatic rings. The molecule has 0 aromatic carbocycles. The van der Waals surface area contributed by atoms with Gasteiger partial charge in [0.05, 0.1) is 0 Å². The van der Waals surface area contributed by atoms with E-state index in [0.717, 1.165) is 6.04 Å². The molecule has 0 radical (unpaired) electrons. The van der Waals surface area contributed by atoms with Gasteiger partial charge in [0.1, 0.15) is 0 Å². The van der Waals surface area contributed by atoms with E-state index in [4.69, 9.17) is 0 Å². The number of hydrogen-bond acceptors (Lipinski definition) is 1.